The van der Waals surface area contributed by atoms with Crippen molar-refractivity contribution in [3.63, 3.8) is 0 Å². The van der Waals surface area contributed by atoms with Crippen LogP contribution in [0.2, 0.25) is 0 Å². The number of carbonyl (C=O) groups excluding carboxylic acids is 1. The first-order valence-corrected chi connectivity index (χ1v) is 11.4. The number of benzene rings is 1. The summed E-state index contributed by atoms with van der Waals surface area (Å²) < 4.78 is 34.2. The molecule has 164 valence electrons. The van der Waals surface area contributed by atoms with Gasteiger partial charge in [0, 0.05) is 43.3 Å². The van der Waals surface area contributed by atoms with Crippen molar-refractivity contribution in [3.05, 3.63) is 52.1 Å². The molecule has 4 rings (SSSR count). The van der Waals surface area contributed by atoms with E-state index in [0.717, 1.165) is 10.9 Å². The molecule has 9 nitrogen and oxygen atoms in total. The number of anilines is 1. The Labute approximate surface area is 179 Å². The maximum absolute atomic E-state index is 13.1. The molecule has 1 N–H and O–H groups in total. The maximum Gasteiger partial charge on any atom is 0.336 e. The van der Waals surface area contributed by atoms with E-state index in [1.165, 1.54) is 21.3 Å². The number of hydrogen-bond donors (Lipinski definition) is 1. The fraction of sp³-hybridized carbons (Fsp3) is 0.381. The standard InChI is InChI=1S/C21H24N4O5S/c1-13-9-20(26)30-18-10-16(6-7-17(13)18)23-21(27)15-5-4-8-25(12-15)31(28,29)19-11-22-24(3)14(19)2/h6-7,9-11,15H,4-5,8,12H2,1-3H3,(H,23,27)/t15-/m1/s1. The fourth-order valence-electron chi connectivity index (χ4n) is 3.89. The Balaban J connectivity index is 1.52. The van der Waals surface area contributed by atoms with Gasteiger partial charge in [-0.15, -0.1) is 0 Å². The minimum absolute atomic E-state index is 0.101. The molecule has 31 heavy (non-hydrogen) atoms. The van der Waals surface area contributed by atoms with Crippen LogP contribution in [0, 0.1) is 19.8 Å². The molecular formula is C21H24N4O5S. The number of nitrogens with one attached hydrogen (secondary N) is 1. The smallest absolute Gasteiger partial charge is 0.336 e. The van der Waals surface area contributed by atoms with Gasteiger partial charge in [0.15, 0.2) is 0 Å². The third-order valence-electron chi connectivity index (χ3n) is 5.78. The first kappa shape index (κ1) is 21.3. The van der Waals surface area contributed by atoms with E-state index in [4.69, 9.17) is 4.42 Å². The van der Waals surface area contributed by atoms with Crippen LogP contribution >= 0.6 is 0 Å². The normalized spacial score (nSPS) is 17.7. The summed E-state index contributed by atoms with van der Waals surface area (Å²) in [5.74, 6) is -0.752. The first-order chi connectivity index (χ1) is 14.7. The topological polar surface area (TPSA) is 115 Å². The molecular weight excluding hydrogens is 420 g/mol. The van der Waals surface area contributed by atoms with Crippen LogP contribution < -0.4 is 10.9 Å². The van der Waals surface area contributed by atoms with Crippen molar-refractivity contribution in [1.82, 2.24) is 14.1 Å². The molecule has 0 spiro atoms. The lowest BCUT2D eigenvalue weighted by Crippen LogP contribution is -2.43. The maximum atomic E-state index is 13.1. The molecule has 1 fully saturated rings. The number of hydrogen-bond acceptors (Lipinski definition) is 6. The zero-order chi connectivity index (χ0) is 22.3. The Morgan fingerprint density at radius 3 is 2.74 bits per heavy atom. The fourth-order valence-corrected chi connectivity index (χ4v) is 5.60. The second kappa shape index (κ2) is 7.93. The number of carbonyl (C=O) groups is 1. The van der Waals surface area contributed by atoms with Crippen LogP contribution in [-0.4, -0.2) is 41.5 Å². The van der Waals surface area contributed by atoms with Gasteiger partial charge < -0.3 is 9.73 Å². The van der Waals surface area contributed by atoms with Gasteiger partial charge in [-0.2, -0.15) is 9.40 Å². The number of sulfonamides is 1. The summed E-state index contributed by atoms with van der Waals surface area (Å²) in [6.07, 6.45) is 2.52. The highest BCUT2D eigenvalue weighted by atomic mass is 32.2. The summed E-state index contributed by atoms with van der Waals surface area (Å²) >= 11 is 0. The minimum Gasteiger partial charge on any atom is -0.423 e. The summed E-state index contributed by atoms with van der Waals surface area (Å²) in [7, 11) is -2.04. The molecule has 0 saturated carbocycles. The van der Waals surface area contributed by atoms with Gasteiger partial charge in [0.1, 0.15) is 10.5 Å². The average Bonchev–Trinajstić information content (AvgIpc) is 3.07. The van der Waals surface area contributed by atoms with Crippen molar-refractivity contribution in [2.45, 2.75) is 31.6 Å². The molecule has 1 aliphatic heterocycles. The molecule has 0 radical (unpaired) electrons. The largest absolute Gasteiger partial charge is 0.423 e. The molecule has 10 heteroatoms. The third-order valence-corrected chi connectivity index (χ3v) is 7.75. The molecule has 3 aromatic rings. The van der Waals surface area contributed by atoms with Crippen LogP contribution in [0.4, 0.5) is 5.69 Å². The van der Waals surface area contributed by atoms with E-state index in [0.29, 0.717) is 36.4 Å². The molecule has 1 atom stereocenters. The Kier molecular flexibility index (Phi) is 5.44. The number of aryl methyl sites for hydroxylation is 2. The summed E-state index contributed by atoms with van der Waals surface area (Å²) in [4.78, 5) is 24.7. The van der Waals surface area contributed by atoms with Crippen LogP contribution in [0.5, 0.6) is 0 Å². The zero-order valence-electron chi connectivity index (χ0n) is 17.6. The van der Waals surface area contributed by atoms with Gasteiger partial charge in [-0.1, -0.05) is 0 Å². The van der Waals surface area contributed by atoms with Gasteiger partial charge in [0.2, 0.25) is 15.9 Å². The Morgan fingerprint density at radius 2 is 2.03 bits per heavy atom. The molecule has 0 aliphatic carbocycles. The molecule has 1 aliphatic rings. The number of amides is 1. The molecule has 0 bridgehead atoms. The molecule has 1 amide bonds. The van der Waals surface area contributed by atoms with Gasteiger partial charge in [-0.3, -0.25) is 9.48 Å². The van der Waals surface area contributed by atoms with Crippen molar-refractivity contribution in [2.75, 3.05) is 18.4 Å². The average molecular weight is 445 g/mol. The van der Waals surface area contributed by atoms with Crippen molar-refractivity contribution < 1.29 is 17.6 Å². The van der Waals surface area contributed by atoms with E-state index in [-0.39, 0.29) is 17.3 Å². The van der Waals surface area contributed by atoms with E-state index < -0.39 is 21.6 Å². The SMILES string of the molecule is Cc1cc(=O)oc2cc(NC(=O)[C@@H]3CCCN(S(=O)(=O)c4cnn(C)c4C)C3)ccc12. The number of rotatable bonds is 4. The van der Waals surface area contributed by atoms with E-state index in [9.17, 15) is 18.0 Å². The third kappa shape index (κ3) is 4.00. The lowest BCUT2D eigenvalue weighted by atomic mass is 9.98. The summed E-state index contributed by atoms with van der Waals surface area (Å²) in [6, 6.07) is 6.55. The predicted molar refractivity (Wildman–Crippen MR) is 115 cm³/mol. The Bertz CT molecular complexity index is 1330. The van der Waals surface area contributed by atoms with Crippen LogP contribution in [-0.2, 0) is 21.9 Å². The lowest BCUT2D eigenvalue weighted by molar-refractivity contribution is -0.120. The Morgan fingerprint density at radius 1 is 1.26 bits per heavy atom. The van der Waals surface area contributed by atoms with Crippen molar-refractivity contribution >= 4 is 32.6 Å². The van der Waals surface area contributed by atoms with Crippen molar-refractivity contribution in [1.29, 1.82) is 0 Å². The van der Waals surface area contributed by atoms with E-state index in [2.05, 4.69) is 10.4 Å². The van der Waals surface area contributed by atoms with Crippen LogP contribution in [0.3, 0.4) is 0 Å². The lowest BCUT2D eigenvalue weighted by Gasteiger charge is -2.31. The zero-order valence-corrected chi connectivity index (χ0v) is 18.4. The van der Waals surface area contributed by atoms with Gasteiger partial charge in [-0.25, -0.2) is 13.2 Å². The van der Waals surface area contributed by atoms with E-state index in [1.807, 2.05) is 6.92 Å². The highest BCUT2D eigenvalue weighted by Crippen LogP contribution is 2.27. The summed E-state index contributed by atoms with van der Waals surface area (Å²) in [5, 5.41) is 7.65. The summed E-state index contributed by atoms with van der Waals surface area (Å²) in [6.45, 7) is 3.98. The summed E-state index contributed by atoms with van der Waals surface area (Å²) in [5.41, 5.74) is 1.78. The molecule has 1 aromatic carbocycles. The van der Waals surface area contributed by atoms with Gasteiger partial charge in [0.25, 0.3) is 0 Å². The molecule has 1 saturated heterocycles. The van der Waals surface area contributed by atoms with E-state index in [1.54, 1.807) is 32.2 Å². The van der Waals surface area contributed by atoms with Crippen LogP contribution in [0.15, 0.2) is 44.6 Å². The van der Waals surface area contributed by atoms with Crippen LogP contribution in [0.25, 0.3) is 11.0 Å². The number of piperidine rings is 1. The predicted octanol–water partition coefficient (Wildman–Crippen LogP) is 2.18. The van der Waals surface area contributed by atoms with E-state index >= 15 is 0 Å². The van der Waals surface area contributed by atoms with Gasteiger partial charge in [0.05, 0.1) is 17.8 Å². The van der Waals surface area contributed by atoms with Crippen molar-refractivity contribution in [3.8, 4) is 0 Å². The highest BCUT2D eigenvalue weighted by molar-refractivity contribution is 7.89. The number of fused-ring (bicyclic) bond motifs is 1. The van der Waals surface area contributed by atoms with Gasteiger partial charge in [-0.05, 0) is 44.4 Å². The second-order valence-corrected chi connectivity index (χ2v) is 9.78. The molecule has 0 unspecified atom stereocenters. The van der Waals surface area contributed by atoms with Crippen molar-refractivity contribution in [2.24, 2.45) is 13.0 Å². The van der Waals surface area contributed by atoms with Crippen LogP contribution in [0.1, 0.15) is 24.1 Å². The van der Waals surface area contributed by atoms with Gasteiger partial charge >= 0.3 is 5.63 Å². The highest BCUT2D eigenvalue weighted by Gasteiger charge is 2.35. The molecule has 2 aromatic heterocycles. The Hall–Kier alpha value is -2.98. The number of nitrogens with zero attached hydrogens (tertiary/aromatic N) is 3. The quantitative estimate of drug-likeness (QED) is 0.617. The first-order valence-electron chi connectivity index (χ1n) is 10.0. The minimum atomic E-state index is -3.73. The second-order valence-electron chi connectivity index (χ2n) is 7.87. The number of aromatic nitrogens is 2. The monoisotopic (exact) mass is 444 g/mol. The molecule has 3 heterocycles.